The number of nitro benzene ring substituents is 1. The molecule has 3 aromatic carbocycles. The minimum absolute atomic E-state index is 0.000940. The highest BCUT2D eigenvalue weighted by atomic mass is 19.4. The van der Waals surface area contributed by atoms with Gasteiger partial charge in [0.2, 0.25) is 0 Å². The SMILES string of the molecule is O=C(c1cccc(-c2ccc([N+](=O)[O-])cc2)c1)N1CCN(Cc2cccc(C(F)(F)F)c2)CC1. The summed E-state index contributed by atoms with van der Waals surface area (Å²) in [4.78, 5) is 27.2. The maximum absolute atomic E-state index is 13.0. The molecule has 0 bridgehead atoms. The molecule has 0 aliphatic carbocycles. The van der Waals surface area contributed by atoms with Crippen molar-refractivity contribution >= 4 is 11.6 Å². The van der Waals surface area contributed by atoms with Crippen LogP contribution in [0.4, 0.5) is 18.9 Å². The zero-order valence-electron chi connectivity index (χ0n) is 18.2. The number of amides is 1. The van der Waals surface area contributed by atoms with Crippen molar-refractivity contribution in [3.63, 3.8) is 0 Å². The van der Waals surface area contributed by atoms with Crippen LogP contribution in [0, 0.1) is 10.1 Å². The summed E-state index contributed by atoms with van der Waals surface area (Å²) in [7, 11) is 0. The summed E-state index contributed by atoms with van der Waals surface area (Å²) in [6, 6.07) is 18.6. The van der Waals surface area contributed by atoms with E-state index in [1.54, 1.807) is 41.3 Å². The van der Waals surface area contributed by atoms with Gasteiger partial charge >= 0.3 is 6.18 Å². The van der Waals surface area contributed by atoms with E-state index in [1.807, 2.05) is 11.0 Å². The van der Waals surface area contributed by atoms with Gasteiger partial charge in [0.25, 0.3) is 11.6 Å². The van der Waals surface area contributed by atoms with Crippen molar-refractivity contribution < 1.29 is 22.9 Å². The summed E-state index contributed by atoms with van der Waals surface area (Å²) >= 11 is 0. The number of hydrogen-bond acceptors (Lipinski definition) is 4. The molecule has 34 heavy (non-hydrogen) atoms. The standard InChI is InChI=1S/C25H22F3N3O3/c26-25(27,28)22-6-1-3-18(15-22)17-29-11-13-30(14-12-29)24(32)21-5-2-4-20(16-21)19-7-9-23(10-8-19)31(33)34/h1-10,15-16H,11-14,17H2. The zero-order valence-corrected chi connectivity index (χ0v) is 18.2. The number of hydrogen-bond donors (Lipinski definition) is 0. The van der Waals surface area contributed by atoms with Crippen molar-refractivity contribution in [3.05, 3.63) is 99.6 Å². The van der Waals surface area contributed by atoms with Gasteiger partial charge in [0, 0.05) is 50.4 Å². The molecule has 3 aromatic rings. The van der Waals surface area contributed by atoms with E-state index in [0.29, 0.717) is 43.9 Å². The summed E-state index contributed by atoms with van der Waals surface area (Å²) in [5.41, 5.74) is 1.99. The Bertz CT molecular complexity index is 1190. The lowest BCUT2D eigenvalue weighted by Crippen LogP contribution is -2.48. The normalized spacial score (nSPS) is 14.7. The third-order valence-electron chi connectivity index (χ3n) is 5.84. The van der Waals surface area contributed by atoms with Crippen molar-refractivity contribution in [2.45, 2.75) is 12.7 Å². The molecule has 1 amide bonds. The van der Waals surface area contributed by atoms with Crippen LogP contribution in [0.25, 0.3) is 11.1 Å². The third kappa shape index (κ3) is 5.43. The van der Waals surface area contributed by atoms with Gasteiger partial charge in [-0.15, -0.1) is 0 Å². The van der Waals surface area contributed by atoms with Crippen molar-refractivity contribution in [2.75, 3.05) is 26.2 Å². The molecule has 0 spiro atoms. The number of nitrogens with zero attached hydrogens (tertiary/aromatic N) is 3. The maximum Gasteiger partial charge on any atom is 0.416 e. The Labute approximate surface area is 194 Å². The monoisotopic (exact) mass is 469 g/mol. The first kappa shape index (κ1) is 23.4. The van der Waals surface area contributed by atoms with Crippen molar-refractivity contribution in [2.24, 2.45) is 0 Å². The number of alkyl halides is 3. The number of nitro groups is 1. The number of carbonyl (C=O) groups is 1. The first-order valence-electron chi connectivity index (χ1n) is 10.7. The molecule has 0 aromatic heterocycles. The van der Waals surface area contributed by atoms with Gasteiger partial charge in [0.15, 0.2) is 0 Å². The zero-order chi connectivity index (χ0) is 24.3. The fraction of sp³-hybridized carbons (Fsp3) is 0.240. The van der Waals surface area contributed by atoms with E-state index in [4.69, 9.17) is 0 Å². The van der Waals surface area contributed by atoms with Gasteiger partial charge in [-0.1, -0.05) is 30.3 Å². The summed E-state index contributed by atoms with van der Waals surface area (Å²) < 4.78 is 38.8. The van der Waals surface area contributed by atoms with Gasteiger partial charge in [-0.2, -0.15) is 13.2 Å². The number of non-ortho nitro benzene ring substituents is 1. The topological polar surface area (TPSA) is 66.7 Å². The molecule has 0 N–H and O–H groups in total. The molecule has 0 radical (unpaired) electrons. The number of carbonyl (C=O) groups excluding carboxylic acids is 1. The van der Waals surface area contributed by atoms with E-state index >= 15 is 0 Å². The van der Waals surface area contributed by atoms with Crippen LogP contribution in [0.2, 0.25) is 0 Å². The fourth-order valence-electron chi connectivity index (χ4n) is 4.00. The van der Waals surface area contributed by atoms with Crippen LogP contribution >= 0.6 is 0 Å². The molecule has 0 atom stereocenters. The lowest BCUT2D eigenvalue weighted by atomic mass is 10.0. The molecule has 1 aliphatic rings. The van der Waals surface area contributed by atoms with E-state index in [2.05, 4.69) is 0 Å². The smallest absolute Gasteiger partial charge is 0.336 e. The quantitative estimate of drug-likeness (QED) is 0.379. The molecule has 1 fully saturated rings. The van der Waals surface area contributed by atoms with E-state index < -0.39 is 16.7 Å². The van der Waals surface area contributed by atoms with Gasteiger partial charge < -0.3 is 4.90 Å². The van der Waals surface area contributed by atoms with Crippen LogP contribution in [-0.4, -0.2) is 46.8 Å². The predicted octanol–water partition coefficient (Wildman–Crippen LogP) is 5.24. The van der Waals surface area contributed by atoms with Gasteiger partial charge in [-0.3, -0.25) is 19.8 Å². The van der Waals surface area contributed by atoms with E-state index in [1.165, 1.54) is 24.3 Å². The second kappa shape index (κ2) is 9.64. The van der Waals surface area contributed by atoms with Crippen molar-refractivity contribution in [1.29, 1.82) is 0 Å². The lowest BCUT2D eigenvalue weighted by molar-refractivity contribution is -0.384. The first-order chi connectivity index (χ1) is 16.2. The number of benzene rings is 3. The average molecular weight is 469 g/mol. The maximum atomic E-state index is 13.0. The van der Waals surface area contributed by atoms with Crippen LogP contribution in [0.1, 0.15) is 21.5 Å². The van der Waals surface area contributed by atoms with Crippen LogP contribution in [0.3, 0.4) is 0 Å². The Balaban J connectivity index is 1.38. The summed E-state index contributed by atoms with van der Waals surface area (Å²) in [6.45, 7) is 2.45. The highest BCUT2D eigenvalue weighted by Gasteiger charge is 2.30. The number of rotatable bonds is 5. The van der Waals surface area contributed by atoms with Gasteiger partial charge in [0.05, 0.1) is 10.5 Å². The van der Waals surface area contributed by atoms with Crippen molar-refractivity contribution in [3.8, 4) is 11.1 Å². The molecule has 1 heterocycles. The molecule has 4 rings (SSSR count). The van der Waals surface area contributed by atoms with Gasteiger partial charge in [0.1, 0.15) is 0 Å². The molecular formula is C25H22F3N3O3. The molecule has 1 aliphatic heterocycles. The average Bonchev–Trinajstić information content (AvgIpc) is 2.84. The molecule has 1 saturated heterocycles. The van der Waals surface area contributed by atoms with Gasteiger partial charge in [-0.05, 0) is 47.0 Å². The molecule has 6 nitrogen and oxygen atoms in total. The Kier molecular flexibility index (Phi) is 6.65. The Morgan fingerprint density at radius 1 is 0.882 bits per heavy atom. The second-order valence-corrected chi connectivity index (χ2v) is 8.15. The second-order valence-electron chi connectivity index (χ2n) is 8.15. The van der Waals surface area contributed by atoms with E-state index in [0.717, 1.165) is 17.2 Å². The third-order valence-corrected chi connectivity index (χ3v) is 5.84. The molecule has 9 heteroatoms. The molecule has 0 saturated carbocycles. The minimum Gasteiger partial charge on any atom is -0.336 e. The summed E-state index contributed by atoms with van der Waals surface area (Å²) in [6.07, 6.45) is -4.37. The highest BCUT2D eigenvalue weighted by Crippen LogP contribution is 2.30. The molecule has 176 valence electrons. The van der Waals surface area contributed by atoms with Crippen LogP contribution in [0.5, 0.6) is 0 Å². The summed E-state index contributed by atoms with van der Waals surface area (Å²) in [5, 5.41) is 10.9. The Morgan fingerprint density at radius 2 is 1.56 bits per heavy atom. The van der Waals surface area contributed by atoms with Crippen molar-refractivity contribution in [1.82, 2.24) is 9.80 Å². The highest BCUT2D eigenvalue weighted by molar-refractivity contribution is 5.95. The van der Waals surface area contributed by atoms with E-state index in [9.17, 15) is 28.1 Å². The Hall–Kier alpha value is -3.72. The number of halogens is 3. The summed E-state index contributed by atoms with van der Waals surface area (Å²) in [5.74, 6) is -0.123. The molecular weight excluding hydrogens is 447 g/mol. The lowest BCUT2D eigenvalue weighted by Gasteiger charge is -2.35. The van der Waals surface area contributed by atoms with Crippen LogP contribution in [0.15, 0.2) is 72.8 Å². The minimum atomic E-state index is -4.37. The molecule has 0 unspecified atom stereocenters. The van der Waals surface area contributed by atoms with Crippen LogP contribution < -0.4 is 0 Å². The predicted molar refractivity (Wildman–Crippen MR) is 121 cm³/mol. The fourth-order valence-corrected chi connectivity index (χ4v) is 4.00. The van der Waals surface area contributed by atoms with Crippen LogP contribution in [-0.2, 0) is 12.7 Å². The van der Waals surface area contributed by atoms with Gasteiger partial charge in [-0.25, -0.2) is 0 Å². The van der Waals surface area contributed by atoms with E-state index in [-0.39, 0.29) is 11.6 Å². The first-order valence-corrected chi connectivity index (χ1v) is 10.7. The largest absolute Gasteiger partial charge is 0.416 e. The number of piperazine rings is 1. The Morgan fingerprint density at radius 3 is 2.21 bits per heavy atom.